The maximum atomic E-state index is 13.6. The van der Waals surface area contributed by atoms with Crippen LogP contribution in [0.5, 0.6) is 0 Å². The number of allylic oxidation sites excluding steroid dienone is 1. The Morgan fingerprint density at radius 3 is 2.59 bits per heavy atom. The zero-order valence-corrected chi connectivity index (χ0v) is 16.4. The van der Waals surface area contributed by atoms with Crippen LogP contribution in [0.15, 0.2) is 54.2 Å². The fourth-order valence-corrected chi connectivity index (χ4v) is 3.37. The van der Waals surface area contributed by atoms with E-state index >= 15 is 0 Å². The summed E-state index contributed by atoms with van der Waals surface area (Å²) in [4.78, 5) is 28.7. The van der Waals surface area contributed by atoms with Crippen molar-refractivity contribution in [2.75, 3.05) is 13.1 Å². The van der Waals surface area contributed by atoms with E-state index in [-0.39, 0.29) is 23.3 Å². The molecule has 1 aliphatic carbocycles. The van der Waals surface area contributed by atoms with Gasteiger partial charge in [-0.05, 0) is 62.3 Å². The molecule has 1 heterocycles. The molecule has 0 aliphatic heterocycles. The van der Waals surface area contributed by atoms with Crippen LogP contribution in [0.2, 0.25) is 0 Å². The van der Waals surface area contributed by atoms with E-state index < -0.39 is 0 Å². The van der Waals surface area contributed by atoms with E-state index in [1.54, 1.807) is 24.3 Å². The molecule has 29 heavy (non-hydrogen) atoms. The van der Waals surface area contributed by atoms with Gasteiger partial charge in [-0.25, -0.2) is 4.39 Å². The fraction of sp³-hybridized carbons (Fsp3) is 0.348. The molecule has 152 valence electrons. The Kier molecular flexibility index (Phi) is 7.50. The van der Waals surface area contributed by atoms with Crippen LogP contribution < -0.4 is 10.6 Å². The molecule has 1 aliphatic rings. The topological polar surface area (TPSA) is 71.1 Å². The molecule has 0 atom stereocenters. The van der Waals surface area contributed by atoms with Gasteiger partial charge < -0.3 is 10.6 Å². The number of hydrogen-bond donors (Lipinski definition) is 2. The second-order valence-electron chi connectivity index (χ2n) is 7.14. The average Bonchev–Trinajstić information content (AvgIpc) is 2.76. The minimum Gasteiger partial charge on any atom is -0.352 e. The van der Waals surface area contributed by atoms with Gasteiger partial charge in [0.25, 0.3) is 11.8 Å². The van der Waals surface area contributed by atoms with E-state index in [0.717, 1.165) is 19.3 Å². The second kappa shape index (κ2) is 10.5. The monoisotopic (exact) mass is 395 g/mol. The molecule has 1 aromatic heterocycles. The number of carbonyl (C=O) groups excluding carboxylic acids is 2. The summed E-state index contributed by atoms with van der Waals surface area (Å²) in [5.41, 5.74) is 2.52. The van der Waals surface area contributed by atoms with Gasteiger partial charge in [0.05, 0.1) is 0 Å². The van der Waals surface area contributed by atoms with Crippen molar-refractivity contribution in [3.8, 4) is 0 Å². The normalized spacial score (nSPS) is 13.5. The summed E-state index contributed by atoms with van der Waals surface area (Å²) < 4.78 is 13.6. The Bertz CT molecular complexity index is 895. The fourth-order valence-electron chi connectivity index (χ4n) is 3.37. The lowest BCUT2D eigenvalue weighted by Crippen LogP contribution is -2.28. The highest BCUT2D eigenvalue weighted by molar-refractivity contribution is 5.98. The predicted molar refractivity (Wildman–Crippen MR) is 110 cm³/mol. The highest BCUT2D eigenvalue weighted by Crippen LogP contribution is 2.19. The van der Waals surface area contributed by atoms with Gasteiger partial charge in [-0.3, -0.25) is 14.6 Å². The van der Waals surface area contributed by atoms with Crippen LogP contribution in [0.1, 0.15) is 58.5 Å². The number of benzene rings is 1. The highest BCUT2D eigenvalue weighted by Gasteiger charge is 2.12. The number of hydrogen-bond acceptors (Lipinski definition) is 3. The molecular formula is C23H26FN3O2. The number of aromatic nitrogens is 1. The van der Waals surface area contributed by atoms with Crippen molar-refractivity contribution in [1.29, 1.82) is 0 Å². The first-order chi connectivity index (χ1) is 14.1. The lowest BCUT2D eigenvalue weighted by atomic mass is 9.97. The summed E-state index contributed by atoms with van der Waals surface area (Å²) in [5.74, 6) is -0.888. The molecule has 2 aromatic rings. The van der Waals surface area contributed by atoms with Gasteiger partial charge >= 0.3 is 0 Å². The van der Waals surface area contributed by atoms with Crippen LogP contribution in [-0.4, -0.2) is 29.9 Å². The molecule has 0 spiro atoms. The van der Waals surface area contributed by atoms with Gasteiger partial charge in [0.15, 0.2) is 0 Å². The molecule has 3 rings (SSSR count). The molecule has 5 nitrogen and oxygen atoms in total. The third-order valence-electron chi connectivity index (χ3n) is 5.01. The zero-order valence-electron chi connectivity index (χ0n) is 16.4. The summed E-state index contributed by atoms with van der Waals surface area (Å²) >= 11 is 0. The maximum Gasteiger partial charge on any atom is 0.269 e. The maximum absolute atomic E-state index is 13.6. The molecule has 0 radical (unpaired) electrons. The third kappa shape index (κ3) is 6.24. The SMILES string of the molecule is O=C(NCCc1ccccc1F)c1ccnc(C(=O)NCCC2=CCCCC2)c1. The molecule has 1 aromatic carbocycles. The molecular weight excluding hydrogens is 369 g/mol. The zero-order chi connectivity index (χ0) is 20.5. The number of halogens is 1. The van der Waals surface area contributed by atoms with Crippen LogP contribution in [0.4, 0.5) is 4.39 Å². The van der Waals surface area contributed by atoms with Crippen LogP contribution in [0, 0.1) is 5.82 Å². The summed E-state index contributed by atoms with van der Waals surface area (Å²) in [6.07, 6.45) is 9.65. The second-order valence-corrected chi connectivity index (χ2v) is 7.14. The summed E-state index contributed by atoms with van der Waals surface area (Å²) in [5, 5.41) is 5.62. The van der Waals surface area contributed by atoms with Crippen LogP contribution in [-0.2, 0) is 6.42 Å². The Hall–Kier alpha value is -3.02. The molecule has 0 fully saturated rings. The first-order valence-corrected chi connectivity index (χ1v) is 10.1. The van der Waals surface area contributed by atoms with Crippen molar-refractivity contribution in [2.45, 2.75) is 38.5 Å². The van der Waals surface area contributed by atoms with E-state index in [9.17, 15) is 14.0 Å². The lowest BCUT2D eigenvalue weighted by molar-refractivity contribution is 0.0949. The largest absolute Gasteiger partial charge is 0.352 e. The van der Waals surface area contributed by atoms with Crippen molar-refractivity contribution in [3.05, 3.63) is 76.9 Å². The minimum atomic E-state index is -0.315. The van der Waals surface area contributed by atoms with Crippen LogP contribution >= 0.6 is 0 Å². The quantitative estimate of drug-likeness (QED) is 0.668. The first-order valence-electron chi connectivity index (χ1n) is 10.1. The smallest absolute Gasteiger partial charge is 0.269 e. The van der Waals surface area contributed by atoms with Crippen LogP contribution in [0.25, 0.3) is 0 Å². The third-order valence-corrected chi connectivity index (χ3v) is 5.01. The van der Waals surface area contributed by atoms with E-state index in [1.165, 1.54) is 36.7 Å². The Balaban J connectivity index is 1.48. The van der Waals surface area contributed by atoms with Crippen molar-refractivity contribution in [3.63, 3.8) is 0 Å². The number of carbonyl (C=O) groups is 2. The van der Waals surface area contributed by atoms with E-state index in [0.29, 0.717) is 30.6 Å². The predicted octanol–water partition coefficient (Wildman–Crippen LogP) is 3.81. The van der Waals surface area contributed by atoms with Gasteiger partial charge in [0.2, 0.25) is 0 Å². The first kappa shape index (κ1) is 20.7. The summed E-state index contributed by atoms with van der Waals surface area (Å²) in [7, 11) is 0. The number of amides is 2. The number of rotatable bonds is 8. The van der Waals surface area contributed by atoms with Crippen molar-refractivity contribution >= 4 is 11.8 Å². The van der Waals surface area contributed by atoms with Crippen molar-refractivity contribution < 1.29 is 14.0 Å². The molecule has 2 amide bonds. The van der Waals surface area contributed by atoms with Gasteiger partial charge in [0, 0.05) is 24.8 Å². The van der Waals surface area contributed by atoms with Crippen molar-refractivity contribution in [2.24, 2.45) is 0 Å². The van der Waals surface area contributed by atoms with E-state index in [2.05, 4.69) is 21.7 Å². The molecule has 0 saturated heterocycles. The number of nitrogens with one attached hydrogen (secondary N) is 2. The average molecular weight is 395 g/mol. The molecule has 2 N–H and O–H groups in total. The standard InChI is InChI=1S/C23H26FN3O2/c24-20-9-5-4-8-18(20)11-15-26-22(28)19-12-14-25-21(16-19)23(29)27-13-10-17-6-2-1-3-7-17/h4-6,8-9,12,14,16H,1-3,7,10-11,13,15H2,(H,26,28)(H,27,29). The molecule has 0 saturated carbocycles. The van der Waals surface area contributed by atoms with E-state index in [4.69, 9.17) is 0 Å². The van der Waals surface area contributed by atoms with E-state index in [1.807, 2.05) is 0 Å². The van der Waals surface area contributed by atoms with Gasteiger partial charge in [-0.1, -0.05) is 29.8 Å². The summed E-state index contributed by atoms with van der Waals surface area (Å²) in [6, 6.07) is 9.52. The molecule has 6 heteroatoms. The van der Waals surface area contributed by atoms with Gasteiger partial charge in [-0.2, -0.15) is 0 Å². The Morgan fingerprint density at radius 1 is 1.00 bits per heavy atom. The van der Waals surface area contributed by atoms with Gasteiger partial charge in [0.1, 0.15) is 11.5 Å². The van der Waals surface area contributed by atoms with Crippen molar-refractivity contribution in [1.82, 2.24) is 15.6 Å². The highest BCUT2D eigenvalue weighted by atomic mass is 19.1. The molecule has 0 unspecified atom stereocenters. The lowest BCUT2D eigenvalue weighted by Gasteiger charge is -2.13. The van der Waals surface area contributed by atoms with Gasteiger partial charge in [-0.15, -0.1) is 0 Å². The molecule has 0 bridgehead atoms. The number of nitrogens with zero attached hydrogens (tertiary/aromatic N) is 1. The Labute approximate surface area is 170 Å². The number of pyridine rings is 1. The van der Waals surface area contributed by atoms with Crippen LogP contribution in [0.3, 0.4) is 0 Å². The Morgan fingerprint density at radius 2 is 1.79 bits per heavy atom. The minimum absolute atomic E-state index is 0.212. The summed E-state index contributed by atoms with van der Waals surface area (Å²) in [6.45, 7) is 0.865.